The zero-order chi connectivity index (χ0) is 30.8. The monoisotopic (exact) mass is 623 g/mol. The number of carbonyl (C=O) groups is 1. The first-order chi connectivity index (χ1) is 21.5. The third kappa shape index (κ3) is 8.80. The van der Waals surface area contributed by atoms with E-state index in [-0.39, 0.29) is 12.0 Å². The summed E-state index contributed by atoms with van der Waals surface area (Å²) in [7, 11) is 0. The maximum Gasteiger partial charge on any atom is 0.306 e. The molecule has 2 saturated heterocycles. The van der Waals surface area contributed by atoms with Gasteiger partial charge in [0.25, 0.3) is 0 Å². The van der Waals surface area contributed by atoms with Crippen LogP contribution in [-0.2, 0) is 35.5 Å². The summed E-state index contributed by atoms with van der Waals surface area (Å²) < 4.78 is 7.40. The average molecular weight is 624 g/mol. The number of ether oxygens (including phenoxy) is 1. The lowest BCUT2D eigenvalue weighted by Crippen LogP contribution is -2.45. The molecule has 5 rings (SSSR count). The molecule has 2 N–H and O–H groups in total. The van der Waals surface area contributed by atoms with E-state index in [1.807, 2.05) is 25.5 Å². The van der Waals surface area contributed by atoms with Crippen LogP contribution < -0.4 is 5.32 Å². The van der Waals surface area contributed by atoms with Crippen molar-refractivity contribution in [2.45, 2.75) is 104 Å². The van der Waals surface area contributed by atoms with Gasteiger partial charge in [-0.3, -0.25) is 4.79 Å². The highest BCUT2D eigenvalue weighted by Crippen LogP contribution is 2.41. The summed E-state index contributed by atoms with van der Waals surface area (Å²) in [4.78, 5) is 32.3. The van der Waals surface area contributed by atoms with Gasteiger partial charge in [-0.25, -0.2) is 9.97 Å². The highest BCUT2D eigenvalue weighted by molar-refractivity contribution is 7.11. The Balaban J connectivity index is 1.09. The van der Waals surface area contributed by atoms with Crippen molar-refractivity contribution in [1.82, 2.24) is 34.6 Å². The van der Waals surface area contributed by atoms with E-state index < -0.39 is 0 Å². The van der Waals surface area contributed by atoms with Gasteiger partial charge in [0.05, 0.1) is 19.1 Å². The van der Waals surface area contributed by atoms with Crippen LogP contribution in [0.2, 0.25) is 0 Å². The predicted molar refractivity (Wildman–Crippen MR) is 177 cm³/mol. The van der Waals surface area contributed by atoms with Crippen molar-refractivity contribution in [3.8, 4) is 0 Å². The Labute approximate surface area is 267 Å². The second kappa shape index (κ2) is 16.2. The number of H-pyrrole nitrogens is 1. The summed E-state index contributed by atoms with van der Waals surface area (Å²) in [5, 5.41) is 3.71. The molecule has 3 aromatic heterocycles. The van der Waals surface area contributed by atoms with Crippen LogP contribution in [0, 0.1) is 5.41 Å². The van der Waals surface area contributed by atoms with Gasteiger partial charge in [0.1, 0.15) is 11.6 Å². The smallest absolute Gasteiger partial charge is 0.306 e. The van der Waals surface area contributed by atoms with Crippen molar-refractivity contribution in [3.05, 3.63) is 58.3 Å². The average Bonchev–Trinajstić information content (AvgIpc) is 3.85. The third-order valence-electron chi connectivity index (χ3n) is 9.87. The first kappa shape index (κ1) is 32.9. The fraction of sp³-hybridized carbons (Fsp3) is 0.676. The molecular weight excluding hydrogens is 570 g/mol. The normalized spacial score (nSPS) is 18.0. The van der Waals surface area contributed by atoms with E-state index in [0.29, 0.717) is 18.4 Å². The molecule has 1 unspecified atom stereocenters. The van der Waals surface area contributed by atoms with E-state index in [1.54, 1.807) is 11.3 Å². The number of nitrogens with one attached hydrogen (secondary N) is 2. The fourth-order valence-electron chi connectivity index (χ4n) is 7.24. The molecule has 44 heavy (non-hydrogen) atoms. The number of likely N-dealkylation sites (tertiary alicyclic amines) is 2. The van der Waals surface area contributed by atoms with E-state index in [4.69, 9.17) is 9.72 Å². The molecule has 1 spiro atoms. The maximum absolute atomic E-state index is 11.7. The molecule has 0 bridgehead atoms. The number of aromatic nitrogens is 4. The van der Waals surface area contributed by atoms with Gasteiger partial charge >= 0.3 is 5.97 Å². The SMILES string of the molecule is CCOC(=O)CCc1ccc(CNC(Cc2nccn2CCCN2CCC3(CCN(C(CC)CC)CC3)C2)c2ncc[nH]2)s1. The van der Waals surface area contributed by atoms with Crippen molar-refractivity contribution < 1.29 is 9.53 Å². The van der Waals surface area contributed by atoms with Crippen molar-refractivity contribution in [2.75, 3.05) is 39.3 Å². The Morgan fingerprint density at radius 1 is 1.07 bits per heavy atom. The Morgan fingerprint density at radius 3 is 2.61 bits per heavy atom. The summed E-state index contributed by atoms with van der Waals surface area (Å²) >= 11 is 1.75. The standard InChI is InChI=1S/C34H53N7O2S/c1-4-27(5-2)40-21-13-34(14-22-40)12-20-39(26-34)18-7-19-41-23-17-35-31(41)24-30(33-36-15-16-37-33)38-25-29-9-8-28(44-29)10-11-32(42)43-6-3/h8-9,15-17,23,27,30,38H,4-7,10-14,18-22,24-26H2,1-3H3,(H,36,37). The Bertz CT molecular complexity index is 1260. The third-order valence-corrected chi connectivity index (χ3v) is 11.0. The molecule has 0 aliphatic carbocycles. The van der Waals surface area contributed by atoms with Crippen molar-refractivity contribution in [3.63, 3.8) is 0 Å². The molecule has 2 aliphatic heterocycles. The fourth-order valence-corrected chi connectivity index (χ4v) is 8.21. The number of esters is 1. The molecule has 1 atom stereocenters. The number of thiophene rings is 1. The number of imidazole rings is 2. The van der Waals surface area contributed by atoms with Gasteiger partial charge in [0.15, 0.2) is 0 Å². The topological polar surface area (TPSA) is 91.3 Å². The van der Waals surface area contributed by atoms with Crippen LogP contribution >= 0.6 is 11.3 Å². The largest absolute Gasteiger partial charge is 0.466 e. The number of nitrogens with zero attached hydrogens (tertiary/aromatic N) is 5. The minimum absolute atomic E-state index is 0.0283. The Kier molecular flexibility index (Phi) is 12.1. The molecular formula is C34H53N7O2S. The second-order valence-electron chi connectivity index (χ2n) is 12.7. The first-order valence-electron chi connectivity index (χ1n) is 16.9. The van der Waals surface area contributed by atoms with Crippen LogP contribution in [0.3, 0.4) is 0 Å². The van der Waals surface area contributed by atoms with Crippen molar-refractivity contribution in [2.24, 2.45) is 5.41 Å². The van der Waals surface area contributed by atoms with Gasteiger partial charge in [0.2, 0.25) is 0 Å². The molecule has 5 heterocycles. The van der Waals surface area contributed by atoms with Gasteiger partial charge in [-0.2, -0.15) is 0 Å². The number of aromatic amines is 1. The van der Waals surface area contributed by atoms with E-state index in [2.05, 4.69) is 61.8 Å². The van der Waals surface area contributed by atoms with Crippen LogP contribution in [0.5, 0.6) is 0 Å². The molecule has 0 saturated carbocycles. The second-order valence-corrected chi connectivity index (χ2v) is 14.0. The minimum atomic E-state index is -0.133. The van der Waals surface area contributed by atoms with Crippen LogP contribution in [0.15, 0.2) is 36.9 Å². The molecule has 0 radical (unpaired) electrons. The summed E-state index contributed by atoms with van der Waals surface area (Å²) in [6.45, 7) is 14.9. The van der Waals surface area contributed by atoms with Gasteiger partial charge in [0, 0.05) is 66.6 Å². The number of hydrogen-bond donors (Lipinski definition) is 2. The predicted octanol–water partition coefficient (Wildman–Crippen LogP) is 5.60. The Morgan fingerprint density at radius 2 is 1.86 bits per heavy atom. The molecule has 0 amide bonds. The number of piperidine rings is 1. The molecule has 0 aromatic carbocycles. The lowest BCUT2D eigenvalue weighted by molar-refractivity contribution is -0.143. The van der Waals surface area contributed by atoms with E-state index >= 15 is 0 Å². The summed E-state index contributed by atoms with van der Waals surface area (Å²) in [6.07, 6.45) is 17.5. The molecule has 10 heteroatoms. The van der Waals surface area contributed by atoms with Crippen LogP contribution in [0.1, 0.15) is 93.2 Å². The van der Waals surface area contributed by atoms with Gasteiger partial charge in [-0.1, -0.05) is 13.8 Å². The number of carbonyl (C=O) groups excluding carboxylic acids is 1. The van der Waals surface area contributed by atoms with Crippen LogP contribution in [0.25, 0.3) is 0 Å². The summed E-state index contributed by atoms with van der Waals surface area (Å²) in [5.41, 5.74) is 0.550. The molecule has 9 nitrogen and oxygen atoms in total. The first-order valence-corrected chi connectivity index (χ1v) is 17.7. The van der Waals surface area contributed by atoms with Crippen molar-refractivity contribution >= 4 is 17.3 Å². The van der Waals surface area contributed by atoms with E-state index in [1.165, 1.54) is 68.0 Å². The highest BCUT2D eigenvalue weighted by Gasteiger charge is 2.40. The number of hydrogen-bond acceptors (Lipinski definition) is 8. The van der Waals surface area contributed by atoms with Gasteiger partial charge < -0.3 is 29.4 Å². The van der Waals surface area contributed by atoms with Crippen LogP contribution in [-0.4, -0.2) is 80.7 Å². The molecule has 2 fully saturated rings. The lowest BCUT2D eigenvalue weighted by Gasteiger charge is -2.42. The molecule has 2 aliphatic rings. The molecule has 242 valence electrons. The summed E-state index contributed by atoms with van der Waals surface area (Å²) in [5.74, 6) is 1.88. The van der Waals surface area contributed by atoms with Crippen molar-refractivity contribution in [1.29, 1.82) is 0 Å². The number of rotatable bonds is 17. The minimum Gasteiger partial charge on any atom is -0.466 e. The molecule has 3 aromatic rings. The van der Waals surface area contributed by atoms with Gasteiger partial charge in [-0.15, -0.1) is 11.3 Å². The van der Waals surface area contributed by atoms with E-state index in [0.717, 1.165) is 56.6 Å². The zero-order valence-corrected chi connectivity index (χ0v) is 27.9. The highest BCUT2D eigenvalue weighted by atomic mass is 32.1. The van der Waals surface area contributed by atoms with Gasteiger partial charge in [-0.05, 0) is 95.6 Å². The quantitative estimate of drug-likeness (QED) is 0.189. The number of aryl methyl sites for hydroxylation is 2. The summed E-state index contributed by atoms with van der Waals surface area (Å²) in [6, 6.07) is 5.07. The lowest BCUT2D eigenvalue weighted by atomic mass is 9.77. The Hall–Kier alpha value is -2.53. The van der Waals surface area contributed by atoms with Crippen LogP contribution in [0.4, 0.5) is 0 Å². The zero-order valence-electron chi connectivity index (χ0n) is 27.1. The van der Waals surface area contributed by atoms with E-state index in [9.17, 15) is 4.79 Å². The maximum atomic E-state index is 11.7.